The van der Waals surface area contributed by atoms with Crippen molar-refractivity contribution >= 4 is 11.9 Å². The van der Waals surface area contributed by atoms with Gasteiger partial charge in [0.15, 0.2) is 11.5 Å². The number of carbonyl (C=O) groups is 2. The lowest BCUT2D eigenvalue weighted by Gasteiger charge is -2.32. The summed E-state index contributed by atoms with van der Waals surface area (Å²) in [5.74, 6) is 0.548. The molecule has 0 spiro atoms. The molecule has 8 heteroatoms. The predicted octanol–water partition coefficient (Wildman–Crippen LogP) is 5.01. The van der Waals surface area contributed by atoms with Crippen LogP contribution in [0.15, 0.2) is 103 Å². The van der Waals surface area contributed by atoms with E-state index in [1.54, 1.807) is 17.0 Å². The number of hydrogen-bond acceptors (Lipinski definition) is 7. The van der Waals surface area contributed by atoms with Crippen LogP contribution in [0.4, 0.5) is 0 Å². The normalized spacial score (nSPS) is 14.6. The van der Waals surface area contributed by atoms with Crippen molar-refractivity contribution in [3.05, 3.63) is 125 Å². The number of amides is 1. The molecule has 1 amide bonds. The molecule has 4 aromatic rings. The van der Waals surface area contributed by atoms with Crippen LogP contribution in [0.25, 0.3) is 0 Å². The van der Waals surface area contributed by atoms with Gasteiger partial charge in [0.25, 0.3) is 5.91 Å². The molecule has 42 heavy (non-hydrogen) atoms. The Kier molecular flexibility index (Phi) is 9.69. The smallest absolute Gasteiger partial charge is 0.324 e. The topological polar surface area (TPSA) is 86.3 Å². The molecule has 1 unspecified atom stereocenters. The second kappa shape index (κ2) is 14.2. The first kappa shape index (κ1) is 28.7. The fourth-order valence-electron chi connectivity index (χ4n) is 4.67. The monoisotopic (exact) mass is 566 g/mol. The number of esters is 1. The Morgan fingerprint density at radius 3 is 1.69 bits per heavy atom. The molecule has 8 nitrogen and oxygen atoms in total. The number of rotatable bonds is 11. The van der Waals surface area contributed by atoms with Gasteiger partial charge in [-0.05, 0) is 28.8 Å². The van der Waals surface area contributed by atoms with Gasteiger partial charge >= 0.3 is 5.97 Å². The van der Waals surface area contributed by atoms with Crippen molar-refractivity contribution in [3.63, 3.8) is 0 Å². The molecule has 4 aromatic carbocycles. The first-order chi connectivity index (χ1) is 20.6. The number of piperazine rings is 1. The summed E-state index contributed by atoms with van der Waals surface area (Å²) in [5.41, 5.74) is 3.30. The van der Waals surface area contributed by atoms with Crippen molar-refractivity contribution in [1.29, 1.82) is 0 Å². The Bertz CT molecular complexity index is 1400. The van der Waals surface area contributed by atoms with Crippen molar-refractivity contribution in [2.45, 2.75) is 25.9 Å². The molecule has 216 valence electrons. The highest BCUT2D eigenvalue weighted by Crippen LogP contribution is 2.41. The number of benzene rings is 4. The first-order valence-corrected chi connectivity index (χ1v) is 13.9. The van der Waals surface area contributed by atoms with Gasteiger partial charge in [0.05, 0.1) is 7.11 Å². The van der Waals surface area contributed by atoms with Crippen LogP contribution in [0.3, 0.4) is 0 Å². The van der Waals surface area contributed by atoms with Crippen LogP contribution >= 0.6 is 0 Å². The summed E-state index contributed by atoms with van der Waals surface area (Å²) in [6.45, 7) is 1.94. The Morgan fingerprint density at radius 1 is 0.738 bits per heavy atom. The zero-order valence-corrected chi connectivity index (χ0v) is 23.5. The van der Waals surface area contributed by atoms with Crippen LogP contribution in [-0.2, 0) is 29.4 Å². The molecule has 0 aliphatic carbocycles. The standard InChI is InChI=1S/C34H34N2O6/c1-39-34(38)29-21-36(18-17-35-29)33(37)28-19-30(40-22-25-11-5-2-6-12-25)32(42-24-27-15-9-4-10-16-27)31(20-28)41-23-26-13-7-3-8-14-26/h2-16,19-20,29,35H,17-18,21-24H2,1H3. The molecule has 1 aliphatic heterocycles. The van der Waals surface area contributed by atoms with E-state index in [0.717, 1.165) is 16.7 Å². The van der Waals surface area contributed by atoms with Gasteiger partial charge in [-0.15, -0.1) is 0 Å². The SMILES string of the molecule is COC(=O)C1CN(C(=O)c2cc(OCc3ccccc3)c(OCc3ccccc3)c(OCc3ccccc3)c2)CCN1. The molecule has 1 aliphatic rings. The minimum atomic E-state index is -0.594. The molecule has 0 aromatic heterocycles. The van der Waals surface area contributed by atoms with Crippen LogP contribution in [0.2, 0.25) is 0 Å². The van der Waals surface area contributed by atoms with Gasteiger partial charge in [0, 0.05) is 25.2 Å². The Labute approximate surface area is 245 Å². The van der Waals surface area contributed by atoms with E-state index in [0.29, 0.717) is 35.9 Å². The third-order valence-corrected chi connectivity index (χ3v) is 6.92. The summed E-state index contributed by atoms with van der Waals surface area (Å²) in [6, 6.07) is 32.2. The molecule has 1 saturated heterocycles. The van der Waals surface area contributed by atoms with E-state index in [1.165, 1.54) is 7.11 Å². The van der Waals surface area contributed by atoms with E-state index in [1.807, 2.05) is 91.0 Å². The zero-order valence-electron chi connectivity index (χ0n) is 23.5. The van der Waals surface area contributed by atoms with Crippen molar-refractivity contribution in [2.75, 3.05) is 26.7 Å². The van der Waals surface area contributed by atoms with Gasteiger partial charge in [-0.25, -0.2) is 0 Å². The van der Waals surface area contributed by atoms with Gasteiger partial charge < -0.3 is 29.2 Å². The summed E-state index contributed by atoms with van der Waals surface area (Å²) < 4.78 is 23.8. The van der Waals surface area contributed by atoms with Gasteiger partial charge in [-0.3, -0.25) is 9.59 Å². The molecule has 0 saturated carbocycles. The Morgan fingerprint density at radius 2 is 1.21 bits per heavy atom. The zero-order chi connectivity index (χ0) is 29.1. The van der Waals surface area contributed by atoms with E-state index < -0.39 is 12.0 Å². The summed E-state index contributed by atoms with van der Waals surface area (Å²) in [6.07, 6.45) is 0. The molecule has 1 heterocycles. The average Bonchev–Trinajstić information content (AvgIpc) is 3.06. The average molecular weight is 567 g/mol. The second-order valence-electron chi connectivity index (χ2n) is 9.91. The molecule has 1 N–H and O–H groups in total. The third-order valence-electron chi connectivity index (χ3n) is 6.92. The van der Waals surface area contributed by atoms with E-state index in [4.69, 9.17) is 18.9 Å². The van der Waals surface area contributed by atoms with Crippen molar-refractivity contribution < 1.29 is 28.5 Å². The minimum absolute atomic E-state index is 0.193. The number of nitrogens with zero attached hydrogens (tertiary/aromatic N) is 1. The quantitative estimate of drug-likeness (QED) is 0.256. The number of methoxy groups -OCH3 is 1. The number of hydrogen-bond donors (Lipinski definition) is 1. The lowest BCUT2D eigenvalue weighted by atomic mass is 10.1. The summed E-state index contributed by atoms with van der Waals surface area (Å²) >= 11 is 0. The van der Waals surface area contributed by atoms with Crippen LogP contribution in [0.5, 0.6) is 17.2 Å². The van der Waals surface area contributed by atoms with Gasteiger partial charge in [0.2, 0.25) is 5.75 Å². The molecular formula is C34H34N2O6. The Balaban J connectivity index is 1.49. The van der Waals surface area contributed by atoms with Crippen LogP contribution < -0.4 is 19.5 Å². The molecule has 5 rings (SSSR count). The molecular weight excluding hydrogens is 532 g/mol. The fourth-order valence-corrected chi connectivity index (χ4v) is 4.67. The molecule has 0 bridgehead atoms. The minimum Gasteiger partial charge on any atom is -0.485 e. The van der Waals surface area contributed by atoms with Crippen LogP contribution in [-0.4, -0.2) is 49.6 Å². The maximum absolute atomic E-state index is 13.8. The number of ether oxygens (including phenoxy) is 4. The Hall–Kier alpha value is -4.82. The lowest BCUT2D eigenvalue weighted by Crippen LogP contribution is -2.56. The predicted molar refractivity (Wildman–Crippen MR) is 158 cm³/mol. The summed E-state index contributed by atoms with van der Waals surface area (Å²) in [4.78, 5) is 27.6. The summed E-state index contributed by atoms with van der Waals surface area (Å²) in [7, 11) is 1.34. The maximum Gasteiger partial charge on any atom is 0.324 e. The third kappa shape index (κ3) is 7.47. The van der Waals surface area contributed by atoms with Crippen molar-refractivity contribution in [1.82, 2.24) is 10.2 Å². The van der Waals surface area contributed by atoms with Crippen molar-refractivity contribution in [3.8, 4) is 17.2 Å². The van der Waals surface area contributed by atoms with Crippen LogP contribution in [0, 0.1) is 0 Å². The van der Waals surface area contributed by atoms with Gasteiger partial charge in [-0.1, -0.05) is 91.0 Å². The van der Waals surface area contributed by atoms with E-state index in [9.17, 15) is 9.59 Å². The first-order valence-electron chi connectivity index (χ1n) is 13.9. The number of carbonyl (C=O) groups excluding carboxylic acids is 2. The van der Waals surface area contributed by atoms with E-state index in [2.05, 4.69) is 5.32 Å². The number of nitrogens with one attached hydrogen (secondary N) is 1. The molecule has 1 atom stereocenters. The highest BCUT2D eigenvalue weighted by molar-refractivity contribution is 5.96. The van der Waals surface area contributed by atoms with Crippen LogP contribution in [0.1, 0.15) is 27.0 Å². The maximum atomic E-state index is 13.8. The van der Waals surface area contributed by atoms with Crippen molar-refractivity contribution in [2.24, 2.45) is 0 Å². The second-order valence-corrected chi connectivity index (χ2v) is 9.91. The highest BCUT2D eigenvalue weighted by atomic mass is 16.5. The lowest BCUT2D eigenvalue weighted by molar-refractivity contribution is -0.144. The highest BCUT2D eigenvalue weighted by Gasteiger charge is 2.30. The molecule has 1 fully saturated rings. The summed E-state index contributed by atoms with van der Waals surface area (Å²) in [5, 5.41) is 3.11. The fraction of sp³-hybridized carbons (Fsp3) is 0.235. The molecule has 0 radical (unpaired) electrons. The van der Waals surface area contributed by atoms with E-state index in [-0.39, 0.29) is 32.3 Å². The van der Waals surface area contributed by atoms with Gasteiger partial charge in [-0.2, -0.15) is 0 Å². The largest absolute Gasteiger partial charge is 0.485 e. The van der Waals surface area contributed by atoms with Gasteiger partial charge in [0.1, 0.15) is 25.9 Å². The van der Waals surface area contributed by atoms with E-state index >= 15 is 0 Å².